The van der Waals surface area contributed by atoms with Gasteiger partial charge >= 0.3 is 0 Å². The van der Waals surface area contributed by atoms with Gasteiger partial charge in [0.15, 0.2) is 0 Å². The van der Waals surface area contributed by atoms with Gasteiger partial charge in [0, 0.05) is 25.2 Å². The number of nitrogens with zero attached hydrogens (tertiary/aromatic N) is 1. The summed E-state index contributed by atoms with van der Waals surface area (Å²) in [7, 11) is 0. The molecule has 1 N–H and O–H groups in total. The Bertz CT molecular complexity index is 524. The molecule has 2 aromatic carbocycles. The first-order valence-corrected chi connectivity index (χ1v) is 7.22. The molecule has 0 heterocycles. The van der Waals surface area contributed by atoms with Crippen molar-refractivity contribution in [3.8, 4) is 0 Å². The van der Waals surface area contributed by atoms with Gasteiger partial charge in [0.25, 0.3) is 0 Å². The van der Waals surface area contributed by atoms with Crippen LogP contribution in [0, 0.1) is 6.92 Å². The van der Waals surface area contributed by atoms with Gasteiger partial charge in [-0.05, 0) is 37.1 Å². The zero-order valence-corrected chi connectivity index (χ0v) is 12.3. The first-order valence-electron chi connectivity index (χ1n) is 7.22. The van der Waals surface area contributed by atoms with E-state index in [4.69, 9.17) is 0 Å². The lowest BCUT2D eigenvalue weighted by Crippen LogP contribution is -2.33. The predicted molar refractivity (Wildman–Crippen MR) is 85.2 cm³/mol. The molecule has 0 amide bonds. The fraction of sp³-hybridized carbons (Fsp3) is 0.333. The van der Waals surface area contributed by atoms with E-state index in [1.54, 1.807) is 0 Å². The third kappa shape index (κ3) is 4.10. The third-order valence-corrected chi connectivity index (χ3v) is 3.49. The van der Waals surface area contributed by atoms with Gasteiger partial charge in [-0.3, -0.25) is 0 Å². The van der Waals surface area contributed by atoms with Crippen LogP contribution in [0.15, 0.2) is 54.6 Å². The number of anilines is 1. The van der Waals surface area contributed by atoms with Crippen LogP contribution in [-0.2, 0) is 6.42 Å². The Hall–Kier alpha value is -1.80. The van der Waals surface area contributed by atoms with E-state index in [1.807, 2.05) is 18.2 Å². The van der Waals surface area contributed by atoms with Crippen LogP contribution in [0.5, 0.6) is 0 Å². The van der Waals surface area contributed by atoms with Crippen molar-refractivity contribution >= 4 is 5.69 Å². The van der Waals surface area contributed by atoms with Crippen LogP contribution >= 0.6 is 0 Å². The highest BCUT2D eigenvalue weighted by atomic mass is 16.3. The number of likely N-dealkylation sites (N-methyl/N-ethyl adjacent to an activating group) is 1. The second-order valence-electron chi connectivity index (χ2n) is 5.22. The SMILES string of the molecule is CCN(CC(O)Cc1ccccc1)c1cccc(C)c1. The molecule has 0 bridgehead atoms. The zero-order valence-electron chi connectivity index (χ0n) is 12.3. The topological polar surface area (TPSA) is 23.5 Å². The van der Waals surface area contributed by atoms with E-state index in [9.17, 15) is 5.11 Å². The van der Waals surface area contributed by atoms with Crippen LogP contribution in [0.3, 0.4) is 0 Å². The van der Waals surface area contributed by atoms with Gasteiger partial charge < -0.3 is 10.0 Å². The summed E-state index contributed by atoms with van der Waals surface area (Å²) in [6.07, 6.45) is 0.348. The lowest BCUT2D eigenvalue weighted by molar-refractivity contribution is 0.180. The zero-order chi connectivity index (χ0) is 14.4. The highest BCUT2D eigenvalue weighted by molar-refractivity contribution is 5.48. The molecule has 20 heavy (non-hydrogen) atoms. The summed E-state index contributed by atoms with van der Waals surface area (Å²) >= 11 is 0. The van der Waals surface area contributed by atoms with E-state index in [0.29, 0.717) is 13.0 Å². The maximum Gasteiger partial charge on any atom is 0.0755 e. The maximum absolute atomic E-state index is 10.3. The van der Waals surface area contributed by atoms with E-state index in [-0.39, 0.29) is 6.10 Å². The standard InChI is InChI=1S/C18H23NO/c1-3-19(17-11-7-8-15(2)12-17)14-18(20)13-16-9-5-4-6-10-16/h4-12,18,20H,3,13-14H2,1-2H3. The maximum atomic E-state index is 10.3. The van der Waals surface area contributed by atoms with Gasteiger partial charge in [-0.1, -0.05) is 42.5 Å². The molecule has 2 rings (SSSR count). The predicted octanol–water partition coefficient (Wildman–Crippen LogP) is 3.42. The molecule has 0 radical (unpaired) electrons. The minimum atomic E-state index is -0.349. The molecule has 0 aliphatic rings. The quantitative estimate of drug-likeness (QED) is 0.868. The summed E-state index contributed by atoms with van der Waals surface area (Å²) in [4.78, 5) is 2.22. The van der Waals surface area contributed by atoms with Crippen molar-refractivity contribution in [3.05, 3.63) is 65.7 Å². The molecule has 106 valence electrons. The molecule has 0 aliphatic heterocycles. The Morgan fingerprint density at radius 3 is 2.45 bits per heavy atom. The number of aryl methyl sites for hydroxylation is 1. The lowest BCUT2D eigenvalue weighted by atomic mass is 10.1. The number of benzene rings is 2. The van der Waals surface area contributed by atoms with Crippen LogP contribution in [0.2, 0.25) is 0 Å². The van der Waals surface area contributed by atoms with Crippen molar-refractivity contribution in [1.82, 2.24) is 0 Å². The minimum Gasteiger partial charge on any atom is -0.391 e. The summed E-state index contributed by atoms with van der Waals surface area (Å²) < 4.78 is 0. The first kappa shape index (κ1) is 14.6. The van der Waals surface area contributed by atoms with Crippen molar-refractivity contribution in [1.29, 1.82) is 0 Å². The van der Waals surface area contributed by atoms with Gasteiger partial charge in [-0.25, -0.2) is 0 Å². The molecule has 0 saturated heterocycles. The van der Waals surface area contributed by atoms with Crippen LogP contribution in [0.1, 0.15) is 18.1 Å². The van der Waals surface area contributed by atoms with Gasteiger partial charge in [-0.15, -0.1) is 0 Å². The number of aliphatic hydroxyl groups excluding tert-OH is 1. The Kier molecular flexibility index (Phi) is 5.19. The monoisotopic (exact) mass is 269 g/mol. The Labute approximate surface area is 121 Å². The van der Waals surface area contributed by atoms with E-state index < -0.39 is 0 Å². The normalized spacial score (nSPS) is 12.2. The van der Waals surface area contributed by atoms with Crippen LogP contribution < -0.4 is 4.90 Å². The van der Waals surface area contributed by atoms with Crippen molar-refractivity contribution < 1.29 is 5.11 Å². The van der Waals surface area contributed by atoms with Gasteiger partial charge in [0.1, 0.15) is 0 Å². The molecular weight excluding hydrogens is 246 g/mol. The van der Waals surface area contributed by atoms with Crippen molar-refractivity contribution in [2.24, 2.45) is 0 Å². The van der Waals surface area contributed by atoms with Gasteiger partial charge in [0.2, 0.25) is 0 Å². The average Bonchev–Trinajstić information content (AvgIpc) is 2.46. The second kappa shape index (κ2) is 7.11. The van der Waals surface area contributed by atoms with E-state index in [2.05, 4.69) is 55.1 Å². The van der Waals surface area contributed by atoms with Crippen molar-refractivity contribution in [2.75, 3.05) is 18.0 Å². The Morgan fingerprint density at radius 2 is 1.80 bits per heavy atom. The summed E-state index contributed by atoms with van der Waals surface area (Å²) in [5.74, 6) is 0. The Balaban J connectivity index is 1.99. The molecule has 0 saturated carbocycles. The number of hydrogen-bond acceptors (Lipinski definition) is 2. The number of aliphatic hydroxyl groups is 1. The molecule has 0 spiro atoms. The van der Waals surface area contributed by atoms with Crippen LogP contribution in [-0.4, -0.2) is 24.3 Å². The number of rotatable bonds is 6. The van der Waals surface area contributed by atoms with E-state index in [1.165, 1.54) is 16.8 Å². The first-order chi connectivity index (χ1) is 9.69. The van der Waals surface area contributed by atoms with Gasteiger partial charge in [0.05, 0.1) is 6.10 Å². The van der Waals surface area contributed by atoms with Gasteiger partial charge in [-0.2, -0.15) is 0 Å². The summed E-state index contributed by atoms with van der Waals surface area (Å²) in [6.45, 7) is 5.78. The van der Waals surface area contributed by atoms with E-state index in [0.717, 1.165) is 6.54 Å². The molecular formula is C18H23NO. The summed E-state index contributed by atoms with van der Waals surface area (Å²) in [5, 5.41) is 10.3. The van der Waals surface area contributed by atoms with E-state index >= 15 is 0 Å². The summed E-state index contributed by atoms with van der Waals surface area (Å²) in [6, 6.07) is 18.6. The second-order valence-corrected chi connectivity index (χ2v) is 5.22. The minimum absolute atomic E-state index is 0.349. The highest BCUT2D eigenvalue weighted by Gasteiger charge is 2.11. The highest BCUT2D eigenvalue weighted by Crippen LogP contribution is 2.16. The summed E-state index contributed by atoms with van der Waals surface area (Å²) in [5.41, 5.74) is 3.61. The molecule has 1 unspecified atom stereocenters. The number of hydrogen-bond donors (Lipinski definition) is 1. The molecule has 0 aliphatic carbocycles. The van der Waals surface area contributed by atoms with Crippen LogP contribution in [0.25, 0.3) is 0 Å². The largest absolute Gasteiger partial charge is 0.391 e. The molecule has 0 fully saturated rings. The average molecular weight is 269 g/mol. The molecule has 2 heteroatoms. The molecule has 0 aromatic heterocycles. The smallest absolute Gasteiger partial charge is 0.0755 e. The fourth-order valence-electron chi connectivity index (χ4n) is 2.45. The van der Waals surface area contributed by atoms with Crippen molar-refractivity contribution in [3.63, 3.8) is 0 Å². The third-order valence-electron chi connectivity index (χ3n) is 3.49. The van der Waals surface area contributed by atoms with Crippen LogP contribution in [0.4, 0.5) is 5.69 Å². The fourth-order valence-corrected chi connectivity index (χ4v) is 2.45. The van der Waals surface area contributed by atoms with Crippen molar-refractivity contribution in [2.45, 2.75) is 26.4 Å². The molecule has 2 aromatic rings. The lowest BCUT2D eigenvalue weighted by Gasteiger charge is -2.26. The Morgan fingerprint density at radius 1 is 1.05 bits per heavy atom. The molecule has 1 atom stereocenters. The molecule has 2 nitrogen and oxygen atoms in total.